The van der Waals surface area contributed by atoms with Crippen molar-refractivity contribution in [3.05, 3.63) is 60.2 Å². The first-order valence-electron chi connectivity index (χ1n) is 11.0. The lowest BCUT2D eigenvalue weighted by Gasteiger charge is -2.26. The number of anilines is 1. The number of hydrogen-bond donors (Lipinski definition) is 0. The van der Waals surface area contributed by atoms with E-state index in [1.165, 1.54) is 6.42 Å². The summed E-state index contributed by atoms with van der Waals surface area (Å²) in [6, 6.07) is 17.0. The van der Waals surface area contributed by atoms with Crippen molar-refractivity contribution in [2.75, 3.05) is 18.6 Å². The van der Waals surface area contributed by atoms with Gasteiger partial charge >= 0.3 is 12.1 Å². The number of cyclic esters (lactones) is 1. The standard InChI is InChI=1S/C25H29NO5/c1-29-21-14-12-20(13-15-21)26-22(16-18-8-4-2-5-9-18)23(31-25(26)28)17-30-24(27)19-10-6-3-7-11-19/h2,4-5,8-9,12-15,19,22-23H,3,6-7,10-11,16-17H2,1H3/t22-,23-/m1/s1. The normalized spacial score (nSPS) is 21.6. The van der Waals surface area contributed by atoms with Gasteiger partial charge in [0.15, 0.2) is 6.10 Å². The van der Waals surface area contributed by atoms with Crippen molar-refractivity contribution >= 4 is 17.7 Å². The van der Waals surface area contributed by atoms with E-state index in [9.17, 15) is 9.59 Å². The van der Waals surface area contributed by atoms with Crippen LogP contribution in [0.4, 0.5) is 10.5 Å². The molecule has 1 heterocycles. The van der Waals surface area contributed by atoms with E-state index in [4.69, 9.17) is 14.2 Å². The van der Waals surface area contributed by atoms with Crippen LogP contribution in [0.5, 0.6) is 5.75 Å². The monoisotopic (exact) mass is 423 g/mol. The summed E-state index contributed by atoms with van der Waals surface area (Å²) in [6.07, 6.45) is 4.74. The van der Waals surface area contributed by atoms with Crippen LogP contribution in [0.15, 0.2) is 54.6 Å². The maximum absolute atomic E-state index is 12.8. The molecular formula is C25H29NO5. The van der Waals surface area contributed by atoms with Crippen molar-refractivity contribution in [1.82, 2.24) is 0 Å². The van der Waals surface area contributed by atoms with Crippen LogP contribution in [-0.2, 0) is 20.7 Å². The number of amides is 1. The average Bonchev–Trinajstić information content (AvgIpc) is 3.13. The number of methoxy groups -OCH3 is 1. The number of ether oxygens (including phenoxy) is 3. The molecular weight excluding hydrogens is 394 g/mol. The Morgan fingerprint density at radius 2 is 1.74 bits per heavy atom. The second-order valence-corrected chi connectivity index (χ2v) is 8.21. The third kappa shape index (κ3) is 5.01. The summed E-state index contributed by atoms with van der Waals surface area (Å²) >= 11 is 0. The minimum atomic E-state index is -0.526. The molecule has 2 aromatic carbocycles. The number of esters is 1. The van der Waals surface area contributed by atoms with Gasteiger partial charge in [-0.3, -0.25) is 9.69 Å². The van der Waals surface area contributed by atoms with Gasteiger partial charge in [-0.2, -0.15) is 0 Å². The van der Waals surface area contributed by atoms with Crippen molar-refractivity contribution in [1.29, 1.82) is 0 Å². The topological polar surface area (TPSA) is 65.1 Å². The van der Waals surface area contributed by atoms with Gasteiger partial charge in [0.1, 0.15) is 12.4 Å². The molecule has 31 heavy (non-hydrogen) atoms. The Kier molecular flexibility index (Phi) is 6.75. The van der Waals surface area contributed by atoms with E-state index in [1.807, 2.05) is 54.6 Å². The van der Waals surface area contributed by atoms with Crippen LogP contribution in [0.1, 0.15) is 37.7 Å². The number of benzene rings is 2. The second kappa shape index (κ2) is 9.86. The van der Waals surface area contributed by atoms with Crippen molar-refractivity contribution in [3.8, 4) is 5.75 Å². The van der Waals surface area contributed by atoms with Crippen molar-refractivity contribution in [2.45, 2.75) is 50.7 Å². The van der Waals surface area contributed by atoms with Gasteiger partial charge in [0, 0.05) is 5.69 Å². The van der Waals surface area contributed by atoms with Gasteiger partial charge < -0.3 is 14.2 Å². The zero-order chi connectivity index (χ0) is 21.6. The molecule has 0 unspecified atom stereocenters. The molecule has 6 nitrogen and oxygen atoms in total. The Morgan fingerprint density at radius 3 is 2.42 bits per heavy atom. The summed E-state index contributed by atoms with van der Waals surface area (Å²) < 4.78 is 16.6. The number of hydrogen-bond acceptors (Lipinski definition) is 5. The van der Waals surface area contributed by atoms with E-state index in [1.54, 1.807) is 12.0 Å². The van der Waals surface area contributed by atoms with Crippen LogP contribution in [-0.4, -0.2) is 37.9 Å². The van der Waals surface area contributed by atoms with Crippen LogP contribution in [0.3, 0.4) is 0 Å². The SMILES string of the molecule is COc1ccc(N2C(=O)O[C@H](COC(=O)C3CCCCC3)[C@H]2Cc2ccccc2)cc1. The molecule has 2 atom stereocenters. The molecule has 0 radical (unpaired) electrons. The van der Waals surface area contributed by atoms with Crippen molar-refractivity contribution < 1.29 is 23.8 Å². The Bertz CT molecular complexity index is 877. The minimum Gasteiger partial charge on any atom is -0.497 e. The lowest BCUT2D eigenvalue weighted by atomic mass is 9.89. The van der Waals surface area contributed by atoms with E-state index in [0.717, 1.165) is 36.9 Å². The minimum absolute atomic E-state index is 0.0314. The zero-order valence-electron chi connectivity index (χ0n) is 17.9. The van der Waals surface area contributed by atoms with Crippen molar-refractivity contribution in [2.24, 2.45) is 5.92 Å². The molecule has 4 rings (SSSR count). The van der Waals surface area contributed by atoms with Gasteiger partial charge in [0.2, 0.25) is 0 Å². The fourth-order valence-electron chi connectivity index (χ4n) is 4.45. The first-order chi connectivity index (χ1) is 15.2. The highest BCUT2D eigenvalue weighted by atomic mass is 16.6. The molecule has 0 aromatic heterocycles. The molecule has 6 heteroatoms. The van der Waals surface area contributed by atoms with Gasteiger partial charge in [0.05, 0.1) is 19.1 Å². The quantitative estimate of drug-likeness (QED) is 0.601. The lowest BCUT2D eigenvalue weighted by molar-refractivity contribution is -0.152. The summed E-state index contributed by atoms with van der Waals surface area (Å²) in [4.78, 5) is 27.0. The van der Waals surface area contributed by atoms with E-state index in [0.29, 0.717) is 12.2 Å². The molecule has 0 bridgehead atoms. The molecule has 1 amide bonds. The third-order valence-electron chi connectivity index (χ3n) is 6.18. The molecule has 1 saturated carbocycles. The number of nitrogens with zero attached hydrogens (tertiary/aromatic N) is 1. The number of rotatable bonds is 7. The Balaban J connectivity index is 1.51. The molecule has 2 aliphatic rings. The summed E-state index contributed by atoms with van der Waals surface area (Å²) in [5.41, 5.74) is 1.82. The molecule has 1 saturated heterocycles. The summed E-state index contributed by atoms with van der Waals surface area (Å²) in [6.45, 7) is 0.0746. The smallest absolute Gasteiger partial charge is 0.415 e. The van der Waals surface area contributed by atoms with Gasteiger partial charge in [-0.1, -0.05) is 49.6 Å². The Hall–Kier alpha value is -3.02. The third-order valence-corrected chi connectivity index (χ3v) is 6.18. The molecule has 0 N–H and O–H groups in total. The largest absolute Gasteiger partial charge is 0.497 e. The molecule has 1 aliphatic heterocycles. The van der Waals surface area contributed by atoms with Crippen LogP contribution in [0.25, 0.3) is 0 Å². The second-order valence-electron chi connectivity index (χ2n) is 8.21. The van der Waals surface area contributed by atoms with E-state index in [-0.39, 0.29) is 24.5 Å². The highest BCUT2D eigenvalue weighted by molar-refractivity contribution is 5.91. The fourth-order valence-corrected chi connectivity index (χ4v) is 4.45. The van der Waals surface area contributed by atoms with Gasteiger partial charge in [0.25, 0.3) is 0 Å². The highest BCUT2D eigenvalue weighted by Crippen LogP contribution is 2.31. The van der Waals surface area contributed by atoms with Gasteiger partial charge in [-0.05, 0) is 49.1 Å². The van der Waals surface area contributed by atoms with Gasteiger partial charge in [-0.25, -0.2) is 4.79 Å². The van der Waals surface area contributed by atoms with Gasteiger partial charge in [-0.15, -0.1) is 0 Å². The predicted octanol–water partition coefficient (Wildman–Crippen LogP) is 4.76. The molecule has 0 spiro atoms. The molecule has 2 aromatic rings. The summed E-state index contributed by atoms with van der Waals surface area (Å²) in [7, 11) is 1.61. The fraction of sp³-hybridized carbons (Fsp3) is 0.440. The average molecular weight is 424 g/mol. The molecule has 2 fully saturated rings. The van der Waals surface area contributed by atoms with E-state index >= 15 is 0 Å². The first kappa shape index (κ1) is 21.2. The van der Waals surface area contributed by atoms with E-state index in [2.05, 4.69) is 0 Å². The van der Waals surface area contributed by atoms with Crippen LogP contribution in [0, 0.1) is 5.92 Å². The summed E-state index contributed by atoms with van der Waals surface area (Å²) in [5.74, 6) is 0.516. The number of carbonyl (C=O) groups is 2. The summed E-state index contributed by atoms with van der Waals surface area (Å²) in [5, 5.41) is 0. The lowest BCUT2D eigenvalue weighted by Crippen LogP contribution is -2.40. The Morgan fingerprint density at radius 1 is 1.03 bits per heavy atom. The van der Waals surface area contributed by atoms with Crippen LogP contribution >= 0.6 is 0 Å². The molecule has 164 valence electrons. The predicted molar refractivity (Wildman–Crippen MR) is 117 cm³/mol. The maximum atomic E-state index is 12.8. The highest BCUT2D eigenvalue weighted by Gasteiger charge is 2.43. The number of carbonyl (C=O) groups excluding carboxylic acids is 2. The van der Waals surface area contributed by atoms with Crippen LogP contribution < -0.4 is 9.64 Å². The van der Waals surface area contributed by atoms with Crippen molar-refractivity contribution in [3.63, 3.8) is 0 Å². The van der Waals surface area contributed by atoms with E-state index < -0.39 is 12.2 Å². The van der Waals surface area contributed by atoms with Crippen LogP contribution in [0.2, 0.25) is 0 Å². The maximum Gasteiger partial charge on any atom is 0.415 e. The molecule has 1 aliphatic carbocycles. The Labute approximate surface area is 183 Å². The zero-order valence-corrected chi connectivity index (χ0v) is 17.9. The first-order valence-corrected chi connectivity index (χ1v) is 11.0.